The minimum absolute atomic E-state index is 0.0745. The summed E-state index contributed by atoms with van der Waals surface area (Å²) in [7, 11) is -3.92. The van der Waals surface area contributed by atoms with Crippen LogP contribution in [-0.2, 0) is 10.0 Å². The Bertz CT molecular complexity index is 598. The lowest BCUT2D eigenvalue weighted by molar-refractivity contribution is -0.385. The Morgan fingerprint density at radius 2 is 2.00 bits per heavy atom. The van der Waals surface area contributed by atoms with E-state index in [0.29, 0.717) is 0 Å². The van der Waals surface area contributed by atoms with Crippen molar-refractivity contribution in [2.45, 2.75) is 31.7 Å². The Morgan fingerprint density at radius 1 is 1.40 bits per heavy atom. The van der Waals surface area contributed by atoms with Gasteiger partial charge in [-0.25, -0.2) is 13.1 Å². The minimum atomic E-state index is -3.92. The Kier molecular flexibility index (Phi) is 5.21. The molecule has 0 saturated heterocycles. The van der Waals surface area contributed by atoms with Crippen molar-refractivity contribution in [3.8, 4) is 0 Å². The van der Waals surface area contributed by atoms with E-state index in [2.05, 4.69) is 4.72 Å². The maximum Gasteiger partial charge on any atom is 0.273 e. The van der Waals surface area contributed by atoms with E-state index >= 15 is 0 Å². The maximum atomic E-state index is 12.3. The van der Waals surface area contributed by atoms with Crippen molar-refractivity contribution in [3.05, 3.63) is 33.9 Å². The largest absolute Gasteiger partial charge is 0.395 e. The summed E-state index contributed by atoms with van der Waals surface area (Å²) in [5, 5.41) is 20.0. The van der Waals surface area contributed by atoms with E-state index in [1.165, 1.54) is 25.1 Å². The molecule has 112 valence electrons. The predicted molar refractivity (Wildman–Crippen MR) is 73.9 cm³/mol. The molecule has 1 unspecified atom stereocenters. The quantitative estimate of drug-likeness (QED) is 0.606. The van der Waals surface area contributed by atoms with Crippen LogP contribution in [-0.4, -0.2) is 31.1 Å². The summed E-state index contributed by atoms with van der Waals surface area (Å²) in [5.74, 6) is -0.103. The molecule has 2 N–H and O–H groups in total. The second-order valence-corrected chi connectivity index (χ2v) is 6.49. The van der Waals surface area contributed by atoms with Crippen molar-refractivity contribution in [2.75, 3.05) is 6.61 Å². The van der Waals surface area contributed by atoms with Gasteiger partial charge in [0.1, 0.15) is 0 Å². The van der Waals surface area contributed by atoms with E-state index in [4.69, 9.17) is 0 Å². The van der Waals surface area contributed by atoms with Gasteiger partial charge < -0.3 is 5.11 Å². The van der Waals surface area contributed by atoms with E-state index in [0.717, 1.165) is 0 Å². The molecule has 0 heterocycles. The van der Waals surface area contributed by atoms with E-state index in [-0.39, 0.29) is 28.7 Å². The summed E-state index contributed by atoms with van der Waals surface area (Å²) < 4.78 is 26.9. The molecule has 0 saturated carbocycles. The molecule has 0 radical (unpaired) electrons. The molecule has 1 atom stereocenters. The average Bonchev–Trinajstić information content (AvgIpc) is 2.35. The maximum absolute atomic E-state index is 12.3. The summed E-state index contributed by atoms with van der Waals surface area (Å²) in [6.07, 6.45) is 0. The van der Waals surface area contributed by atoms with Gasteiger partial charge in [0.25, 0.3) is 5.69 Å². The summed E-state index contributed by atoms with van der Waals surface area (Å²) in [4.78, 5) is 10.1. The van der Waals surface area contributed by atoms with Gasteiger partial charge in [0.15, 0.2) is 0 Å². The Labute approximate surface area is 117 Å². The molecule has 0 spiro atoms. The van der Waals surface area contributed by atoms with Crippen LogP contribution < -0.4 is 4.72 Å². The van der Waals surface area contributed by atoms with E-state index in [1.54, 1.807) is 13.8 Å². The van der Waals surface area contributed by atoms with Crippen LogP contribution in [0.2, 0.25) is 0 Å². The highest BCUT2D eigenvalue weighted by atomic mass is 32.2. The average molecular weight is 302 g/mol. The summed E-state index contributed by atoms with van der Waals surface area (Å²) in [5.41, 5.74) is -0.177. The van der Waals surface area contributed by atoms with Gasteiger partial charge in [-0.1, -0.05) is 19.9 Å². The molecule has 0 aliphatic carbocycles. The first-order valence-corrected chi connectivity index (χ1v) is 7.56. The number of nitro benzene ring substituents is 1. The van der Waals surface area contributed by atoms with E-state index in [9.17, 15) is 23.6 Å². The van der Waals surface area contributed by atoms with Gasteiger partial charge in [0.05, 0.1) is 16.4 Å². The van der Waals surface area contributed by atoms with Crippen LogP contribution in [0.4, 0.5) is 5.69 Å². The SMILES string of the molecule is Cc1c([N+](=O)[O-])cccc1S(=O)(=O)NC(CO)C(C)C. The fraction of sp³-hybridized carbons (Fsp3) is 0.500. The van der Waals surface area contributed by atoms with Gasteiger partial charge >= 0.3 is 0 Å². The number of nitrogens with zero attached hydrogens (tertiary/aromatic N) is 1. The van der Waals surface area contributed by atoms with Gasteiger partial charge in [-0.3, -0.25) is 10.1 Å². The highest BCUT2D eigenvalue weighted by Gasteiger charge is 2.26. The number of hydrogen-bond donors (Lipinski definition) is 2. The zero-order chi connectivity index (χ0) is 15.5. The molecule has 0 aliphatic heterocycles. The normalized spacial score (nSPS) is 13.4. The Morgan fingerprint density at radius 3 is 2.45 bits per heavy atom. The highest BCUT2D eigenvalue weighted by Crippen LogP contribution is 2.25. The molecule has 20 heavy (non-hydrogen) atoms. The Hall–Kier alpha value is -1.51. The summed E-state index contributed by atoms with van der Waals surface area (Å²) >= 11 is 0. The molecule has 0 bridgehead atoms. The van der Waals surface area contributed by atoms with Crippen LogP contribution in [0.15, 0.2) is 23.1 Å². The van der Waals surface area contributed by atoms with Crippen molar-refractivity contribution < 1.29 is 18.4 Å². The van der Waals surface area contributed by atoms with Crippen LogP contribution in [0, 0.1) is 23.0 Å². The van der Waals surface area contributed by atoms with Crippen molar-refractivity contribution in [1.82, 2.24) is 4.72 Å². The molecule has 1 aromatic rings. The third-order valence-corrected chi connectivity index (χ3v) is 4.68. The predicted octanol–water partition coefficient (Wildman–Crippen LogP) is 1.20. The number of aliphatic hydroxyl groups is 1. The molecule has 0 amide bonds. The third-order valence-electron chi connectivity index (χ3n) is 3.05. The lowest BCUT2D eigenvalue weighted by atomic mass is 10.1. The van der Waals surface area contributed by atoms with Crippen LogP contribution >= 0.6 is 0 Å². The Balaban J connectivity index is 3.23. The lowest BCUT2D eigenvalue weighted by Crippen LogP contribution is -2.41. The number of benzene rings is 1. The van der Waals surface area contributed by atoms with Crippen LogP contribution in [0.5, 0.6) is 0 Å². The highest BCUT2D eigenvalue weighted by molar-refractivity contribution is 7.89. The summed E-state index contributed by atoms with van der Waals surface area (Å²) in [6.45, 7) is 4.58. The molecule has 7 nitrogen and oxygen atoms in total. The smallest absolute Gasteiger partial charge is 0.273 e. The van der Waals surface area contributed by atoms with Crippen LogP contribution in [0.1, 0.15) is 19.4 Å². The minimum Gasteiger partial charge on any atom is -0.395 e. The number of sulfonamides is 1. The summed E-state index contributed by atoms with van der Waals surface area (Å²) in [6, 6.07) is 3.24. The van der Waals surface area contributed by atoms with E-state index in [1.807, 2.05) is 0 Å². The van der Waals surface area contributed by atoms with Gasteiger partial charge in [0, 0.05) is 17.7 Å². The molecule has 0 aromatic heterocycles. The molecule has 8 heteroatoms. The van der Waals surface area contributed by atoms with Gasteiger partial charge in [-0.2, -0.15) is 0 Å². The van der Waals surface area contributed by atoms with Crippen molar-refractivity contribution in [1.29, 1.82) is 0 Å². The first-order chi connectivity index (χ1) is 9.20. The van der Waals surface area contributed by atoms with Crippen LogP contribution in [0.3, 0.4) is 0 Å². The number of nitro groups is 1. The molecule has 0 aliphatic rings. The third kappa shape index (κ3) is 3.53. The fourth-order valence-corrected chi connectivity index (χ4v) is 3.38. The van der Waals surface area contributed by atoms with Crippen molar-refractivity contribution in [2.24, 2.45) is 5.92 Å². The topological polar surface area (TPSA) is 110 Å². The molecular weight excluding hydrogens is 284 g/mol. The zero-order valence-electron chi connectivity index (χ0n) is 11.5. The fourth-order valence-electron chi connectivity index (χ4n) is 1.74. The van der Waals surface area contributed by atoms with Crippen LogP contribution in [0.25, 0.3) is 0 Å². The molecular formula is C12H18N2O5S. The number of rotatable bonds is 6. The molecule has 1 aromatic carbocycles. The second kappa shape index (κ2) is 6.29. The number of aliphatic hydroxyl groups excluding tert-OH is 1. The standard InChI is InChI=1S/C12H18N2O5S/c1-8(2)10(7-15)13-20(18,19)12-6-4-5-11(9(12)3)14(16)17/h4-6,8,10,13,15H,7H2,1-3H3. The monoisotopic (exact) mass is 302 g/mol. The zero-order valence-corrected chi connectivity index (χ0v) is 12.3. The number of hydrogen-bond acceptors (Lipinski definition) is 5. The first kappa shape index (κ1) is 16.5. The van der Waals surface area contributed by atoms with E-state index < -0.39 is 21.0 Å². The van der Waals surface area contributed by atoms with Gasteiger partial charge in [0.2, 0.25) is 10.0 Å². The first-order valence-electron chi connectivity index (χ1n) is 6.08. The van der Waals surface area contributed by atoms with Crippen molar-refractivity contribution in [3.63, 3.8) is 0 Å². The molecule has 0 fully saturated rings. The second-order valence-electron chi connectivity index (χ2n) is 4.81. The van der Waals surface area contributed by atoms with Crippen molar-refractivity contribution >= 4 is 15.7 Å². The lowest BCUT2D eigenvalue weighted by Gasteiger charge is -2.20. The van der Waals surface area contributed by atoms with Gasteiger partial charge in [-0.05, 0) is 18.9 Å². The number of nitrogens with one attached hydrogen (secondary N) is 1. The molecule has 1 rings (SSSR count). The van der Waals surface area contributed by atoms with Gasteiger partial charge in [-0.15, -0.1) is 0 Å².